The molecule has 0 amide bonds. The molecular weight excluding hydrogens is 379 g/mol. The van der Waals surface area contributed by atoms with Crippen molar-refractivity contribution in [3.63, 3.8) is 0 Å². The standard InChI is InChI=1S/C17H19FN4O4.ClH/c1-19-3-5-21(6-4-19)14-12(18)7-10-13-16(14)26-9-20(2)22(13)8-11(15(10)23)17(24)25;/h7-8H,3-6,9H2,1-2H3,(H,24,25);1H/i3D2,4D2,5D2,6D2;. The summed E-state index contributed by atoms with van der Waals surface area (Å²) in [6.07, 6.45) is 0.951. The van der Waals surface area contributed by atoms with Gasteiger partial charge in [-0.2, -0.15) is 0 Å². The molecule has 0 aliphatic carbocycles. The number of piperazine rings is 1. The van der Waals surface area contributed by atoms with Crippen molar-refractivity contribution in [2.24, 2.45) is 0 Å². The maximum absolute atomic E-state index is 15.6. The number of hydrogen-bond donors (Lipinski definition) is 1. The highest BCUT2D eigenvalue weighted by Crippen LogP contribution is 2.40. The summed E-state index contributed by atoms with van der Waals surface area (Å²) in [6, 6.07) is 0.581. The first-order valence-corrected chi connectivity index (χ1v) is 7.44. The number of benzene rings is 1. The van der Waals surface area contributed by atoms with E-state index < -0.39 is 65.6 Å². The molecule has 1 N–H and O–H groups in total. The van der Waals surface area contributed by atoms with Gasteiger partial charge in [0.15, 0.2) is 18.3 Å². The summed E-state index contributed by atoms with van der Waals surface area (Å²) < 4.78 is 88.6. The summed E-state index contributed by atoms with van der Waals surface area (Å²) in [6.45, 7) is -13.4. The molecule has 8 nitrogen and oxygen atoms in total. The summed E-state index contributed by atoms with van der Waals surface area (Å²) in [4.78, 5) is 24.5. The molecule has 10 heteroatoms. The van der Waals surface area contributed by atoms with Crippen LogP contribution in [0.4, 0.5) is 10.1 Å². The van der Waals surface area contributed by atoms with Crippen LogP contribution >= 0.6 is 12.4 Å². The van der Waals surface area contributed by atoms with Crippen molar-refractivity contribution in [3.8, 4) is 5.75 Å². The topological polar surface area (TPSA) is 78.2 Å². The highest BCUT2D eigenvalue weighted by molar-refractivity contribution is 5.97. The summed E-state index contributed by atoms with van der Waals surface area (Å²) in [5, 5.41) is 10.2. The Morgan fingerprint density at radius 1 is 1.30 bits per heavy atom. The van der Waals surface area contributed by atoms with Crippen LogP contribution in [-0.2, 0) is 0 Å². The van der Waals surface area contributed by atoms with Crippen LogP contribution < -0.4 is 20.1 Å². The highest BCUT2D eigenvalue weighted by Gasteiger charge is 2.30. The highest BCUT2D eigenvalue weighted by atomic mass is 35.5. The van der Waals surface area contributed by atoms with E-state index in [0.29, 0.717) is 6.07 Å². The zero-order valence-corrected chi connectivity index (χ0v) is 14.9. The fourth-order valence-electron chi connectivity index (χ4n) is 2.80. The zero-order chi connectivity index (χ0) is 25.8. The number of rotatable bonds is 2. The van der Waals surface area contributed by atoms with Crippen molar-refractivity contribution >= 4 is 35.0 Å². The van der Waals surface area contributed by atoms with Gasteiger partial charge in [0, 0.05) is 44.7 Å². The van der Waals surface area contributed by atoms with Gasteiger partial charge in [0.2, 0.25) is 5.43 Å². The number of ether oxygens (including phenoxy) is 1. The van der Waals surface area contributed by atoms with Crippen LogP contribution in [0, 0.1) is 5.82 Å². The third-order valence-corrected chi connectivity index (χ3v) is 4.03. The number of carbonyl (C=O) groups is 1. The molecule has 0 spiro atoms. The van der Waals surface area contributed by atoms with E-state index in [-0.39, 0.29) is 34.5 Å². The minimum Gasteiger partial charge on any atom is -0.477 e. The van der Waals surface area contributed by atoms with Gasteiger partial charge in [-0.1, -0.05) is 0 Å². The number of halogens is 2. The molecule has 2 aliphatic heterocycles. The lowest BCUT2D eigenvalue weighted by molar-refractivity contribution is 0.0694. The number of hydrogen-bond acceptors (Lipinski definition) is 6. The number of carboxylic acids is 1. The van der Waals surface area contributed by atoms with Crippen LogP contribution in [0.5, 0.6) is 5.75 Å². The molecule has 1 fully saturated rings. The molecule has 0 bridgehead atoms. The van der Waals surface area contributed by atoms with Gasteiger partial charge in [-0.25, -0.2) is 9.18 Å². The Labute approximate surface area is 171 Å². The Balaban J connectivity index is 0.00000342. The van der Waals surface area contributed by atoms with Gasteiger partial charge >= 0.3 is 5.97 Å². The Morgan fingerprint density at radius 3 is 2.59 bits per heavy atom. The van der Waals surface area contributed by atoms with Gasteiger partial charge in [-0.05, 0) is 13.1 Å². The number of aromatic nitrogens is 1. The normalized spacial score (nSPS) is 28.7. The minimum atomic E-state index is -3.35. The van der Waals surface area contributed by atoms with E-state index >= 15 is 4.39 Å². The van der Waals surface area contributed by atoms with Crippen molar-refractivity contribution in [3.05, 3.63) is 33.9 Å². The van der Waals surface area contributed by atoms with Gasteiger partial charge in [0.05, 0.1) is 10.9 Å². The van der Waals surface area contributed by atoms with Gasteiger partial charge < -0.3 is 19.6 Å². The first kappa shape index (κ1) is 11.4. The van der Waals surface area contributed by atoms with Crippen molar-refractivity contribution in [2.75, 3.05) is 56.7 Å². The van der Waals surface area contributed by atoms with E-state index in [9.17, 15) is 14.7 Å². The summed E-state index contributed by atoms with van der Waals surface area (Å²) in [5.41, 5.74) is -2.92. The lowest BCUT2D eigenvalue weighted by Crippen LogP contribution is -2.46. The zero-order valence-electron chi connectivity index (χ0n) is 22.1. The molecular formula is C17H20ClFN4O4. The van der Waals surface area contributed by atoms with E-state index in [0.717, 1.165) is 17.9 Å². The van der Waals surface area contributed by atoms with E-state index in [4.69, 9.17) is 15.7 Å². The average Bonchev–Trinajstić information content (AvgIpc) is 2.71. The predicted molar refractivity (Wildman–Crippen MR) is 102 cm³/mol. The molecule has 0 unspecified atom stereocenters. The Hall–Kier alpha value is -2.52. The summed E-state index contributed by atoms with van der Waals surface area (Å²) >= 11 is 0. The SMILES string of the molecule is Cl.[2H]C1([2H])N(C)C([2H])([2H])C([2H])([2H])N(c2c(F)cc3c(=O)c(C(=O)O)cn4c3c2OCN4C)C1([2H])[2H]. The van der Waals surface area contributed by atoms with E-state index in [1.807, 2.05) is 0 Å². The molecule has 3 heterocycles. The quantitative estimate of drug-likeness (QED) is 0.794. The second-order valence-electron chi connectivity index (χ2n) is 5.73. The molecule has 0 atom stereocenters. The fourth-order valence-corrected chi connectivity index (χ4v) is 2.80. The van der Waals surface area contributed by atoms with Gasteiger partial charge in [0.1, 0.15) is 16.8 Å². The molecule has 0 radical (unpaired) electrons. The fraction of sp³-hybridized carbons (Fsp3) is 0.412. The third-order valence-electron chi connectivity index (χ3n) is 4.03. The van der Waals surface area contributed by atoms with Crippen LogP contribution in [0.3, 0.4) is 0 Å². The van der Waals surface area contributed by atoms with Gasteiger partial charge in [-0.15, -0.1) is 12.4 Å². The average molecular weight is 407 g/mol. The first-order chi connectivity index (χ1) is 15.4. The predicted octanol–water partition coefficient (Wildman–Crippen LogP) is 0.930. The maximum Gasteiger partial charge on any atom is 0.341 e. The van der Waals surface area contributed by atoms with Crippen molar-refractivity contribution in [2.45, 2.75) is 0 Å². The largest absolute Gasteiger partial charge is 0.477 e. The second kappa shape index (κ2) is 6.90. The van der Waals surface area contributed by atoms with Crippen molar-refractivity contribution in [1.82, 2.24) is 9.58 Å². The van der Waals surface area contributed by atoms with E-state index in [1.54, 1.807) is 0 Å². The van der Waals surface area contributed by atoms with E-state index in [1.165, 1.54) is 12.1 Å². The molecule has 0 saturated carbocycles. The number of aromatic carboxylic acids is 1. The van der Waals surface area contributed by atoms with E-state index in [2.05, 4.69) is 0 Å². The lowest BCUT2D eigenvalue weighted by atomic mass is 10.1. The van der Waals surface area contributed by atoms with Crippen LogP contribution in [0.1, 0.15) is 21.3 Å². The lowest BCUT2D eigenvalue weighted by Gasteiger charge is -2.37. The van der Waals surface area contributed by atoms with Crippen LogP contribution in [0.2, 0.25) is 0 Å². The number of likely N-dealkylation sites (N-methyl/N-ethyl adjacent to an activating group) is 1. The molecule has 146 valence electrons. The van der Waals surface area contributed by atoms with Crippen molar-refractivity contribution in [1.29, 1.82) is 0 Å². The number of nitrogens with zero attached hydrogens (tertiary/aromatic N) is 4. The Bertz CT molecular complexity index is 1280. The van der Waals surface area contributed by atoms with Gasteiger partial charge in [0.25, 0.3) is 0 Å². The Kier molecular flexibility index (Phi) is 2.90. The minimum absolute atomic E-state index is 0. The Morgan fingerprint density at radius 2 is 1.96 bits per heavy atom. The second-order valence-corrected chi connectivity index (χ2v) is 5.73. The van der Waals surface area contributed by atoms with Crippen LogP contribution in [-0.4, -0.2) is 67.5 Å². The third kappa shape index (κ3) is 2.96. The number of anilines is 1. The first-order valence-electron chi connectivity index (χ1n) is 11.4. The maximum atomic E-state index is 15.6. The van der Waals surface area contributed by atoms with Gasteiger partial charge in [-0.3, -0.25) is 14.5 Å². The number of carboxylic acid groups (broad SMARTS) is 1. The monoisotopic (exact) mass is 406 g/mol. The molecule has 1 saturated heterocycles. The molecule has 1 aromatic heterocycles. The van der Waals surface area contributed by atoms with Crippen LogP contribution in [0.25, 0.3) is 10.9 Å². The molecule has 4 rings (SSSR count). The molecule has 2 aromatic rings. The molecule has 27 heavy (non-hydrogen) atoms. The van der Waals surface area contributed by atoms with Crippen LogP contribution in [0.15, 0.2) is 17.1 Å². The molecule has 1 aromatic carbocycles. The molecule has 2 aliphatic rings. The summed E-state index contributed by atoms with van der Waals surface area (Å²) in [5.74, 6) is -3.57. The van der Waals surface area contributed by atoms with Crippen molar-refractivity contribution < 1.29 is 30.0 Å². The number of pyridine rings is 1. The summed E-state index contributed by atoms with van der Waals surface area (Å²) in [7, 11) is 2.32. The smallest absolute Gasteiger partial charge is 0.341 e.